The van der Waals surface area contributed by atoms with Crippen molar-refractivity contribution >= 4 is 80.7 Å². The average Bonchev–Trinajstić information content (AvgIpc) is 3.97. The third kappa shape index (κ3) is 4.01. The van der Waals surface area contributed by atoms with Crippen LogP contribution in [0.15, 0.2) is 170 Å². The Bertz CT molecular complexity index is 3040. The molecule has 2 nitrogen and oxygen atoms in total. The third-order valence-corrected chi connectivity index (χ3v) is 11.7. The fourth-order valence-corrected chi connectivity index (χ4v) is 9.35. The molecule has 7 aromatic carbocycles. The Morgan fingerprint density at radius 1 is 0.440 bits per heavy atom. The molecule has 0 atom stereocenters. The molecule has 3 heterocycles. The molecule has 50 heavy (non-hydrogen) atoms. The lowest BCUT2D eigenvalue weighted by molar-refractivity contribution is 1.17. The molecule has 3 heteroatoms. The van der Waals surface area contributed by atoms with Crippen molar-refractivity contribution in [1.82, 2.24) is 9.13 Å². The Morgan fingerprint density at radius 2 is 1.18 bits per heavy atom. The first-order valence-electron chi connectivity index (χ1n) is 17.2. The smallest absolute Gasteiger partial charge is 0.0634 e. The number of allylic oxidation sites excluding steroid dienone is 4. The molecular formula is C47H30N2S. The van der Waals surface area contributed by atoms with E-state index in [1.807, 2.05) is 11.3 Å². The zero-order valence-electron chi connectivity index (χ0n) is 27.2. The van der Waals surface area contributed by atoms with Gasteiger partial charge in [0.15, 0.2) is 0 Å². The van der Waals surface area contributed by atoms with Crippen molar-refractivity contribution in [3.8, 4) is 22.5 Å². The molecule has 0 aliphatic heterocycles. The highest BCUT2D eigenvalue weighted by Gasteiger charge is 2.22. The number of rotatable bonds is 4. The normalized spacial score (nSPS) is 13.2. The van der Waals surface area contributed by atoms with Gasteiger partial charge in [-0.2, -0.15) is 0 Å². The molecule has 1 aliphatic carbocycles. The van der Waals surface area contributed by atoms with Gasteiger partial charge in [-0.3, -0.25) is 0 Å². The lowest BCUT2D eigenvalue weighted by Crippen LogP contribution is -1.96. The van der Waals surface area contributed by atoms with Gasteiger partial charge in [-0.25, -0.2) is 0 Å². The van der Waals surface area contributed by atoms with Crippen LogP contribution in [0.2, 0.25) is 0 Å². The highest BCUT2D eigenvalue weighted by Crippen LogP contribution is 2.46. The molecule has 11 rings (SSSR count). The van der Waals surface area contributed by atoms with Gasteiger partial charge in [0.1, 0.15) is 0 Å². The minimum Gasteiger partial charge on any atom is -0.309 e. The molecule has 0 bridgehead atoms. The molecule has 0 spiro atoms. The quantitative estimate of drug-likeness (QED) is 0.179. The molecule has 0 radical (unpaired) electrons. The number of fused-ring (bicyclic) bond motifs is 10. The van der Waals surface area contributed by atoms with E-state index in [9.17, 15) is 0 Å². The Hall–Kier alpha value is -6.16. The Kier molecular flexibility index (Phi) is 5.92. The SMILES string of the molecule is C1=CCC(c2ccc3sc4ccc5c6cc7c8ccccc8n(-c8cccc(-c9ccccc9)c8)c7cc6n(-c6ccccc6)c5c4c3c2)=C1. The average molecular weight is 655 g/mol. The number of benzene rings is 7. The lowest BCUT2D eigenvalue weighted by atomic mass is 10.0. The molecule has 0 saturated carbocycles. The summed E-state index contributed by atoms with van der Waals surface area (Å²) in [5.74, 6) is 0. The summed E-state index contributed by atoms with van der Waals surface area (Å²) in [6, 6.07) is 56.0. The van der Waals surface area contributed by atoms with Crippen LogP contribution in [-0.4, -0.2) is 9.13 Å². The second-order valence-corrected chi connectivity index (χ2v) is 14.4. The van der Waals surface area contributed by atoms with E-state index in [4.69, 9.17) is 0 Å². The van der Waals surface area contributed by atoms with Crippen LogP contribution in [0.4, 0.5) is 0 Å². The first-order chi connectivity index (χ1) is 24.8. The maximum Gasteiger partial charge on any atom is 0.0634 e. The van der Waals surface area contributed by atoms with Crippen molar-refractivity contribution in [2.75, 3.05) is 0 Å². The summed E-state index contributed by atoms with van der Waals surface area (Å²) in [7, 11) is 0. The van der Waals surface area contributed by atoms with Crippen molar-refractivity contribution in [3.63, 3.8) is 0 Å². The molecule has 0 N–H and O–H groups in total. The van der Waals surface area contributed by atoms with Gasteiger partial charge >= 0.3 is 0 Å². The monoisotopic (exact) mass is 654 g/mol. The van der Waals surface area contributed by atoms with Crippen LogP contribution >= 0.6 is 11.3 Å². The maximum atomic E-state index is 2.52. The van der Waals surface area contributed by atoms with Gasteiger partial charge < -0.3 is 9.13 Å². The summed E-state index contributed by atoms with van der Waals surface area (Å²) < 4.78 is 7.62. The fourth-order valence-electron chi connectivity index (χ4n) is 8.27. The van der Waals surface area contributed by atoms with E-state index in [1.165, 1.54) is 91.7 Å². The van der Waals surface area contributed by atoms with E-state index in [2.05, 4.69) is 179 Å². The van der Waals surface area contributed by atoms with Gasteiger partial charge in [0.25, 0.3) is 0 Å². The van der Waals surface area contributed by atoms with E-state index in [0.29, 0.717) is 0 Å². The van der Waals surface area contributed by atoms with Gasteiger partial charge in [0, 0.05) is 53.1 Å². The summed E-state index contributed by atoms with van der Waals surface area (Å²) in [5.41, 5.74) is 12.4. The van der Waals surface area contributed by atoms with Gasteiger partial charge in [-0.15, -0.1) is 11.3 Å². The van der Waals surface area contributed by atoms with Crippen LogP contribution in [0, 0.1) is 0 Å². The molecule has 0 saturated heterocycles. The lowest BCUT2D eigenvalue weighted by Gasteiger charge is -2.12. The van der Waals surface area contributed by atoms with Gasteiger partial charge in [0.05, 0.1) is 22.1 Å². The minimum atomic E-state index is 0.991. The van der Waals surface area contributed by atoms with Crippen LogP contribution in [0.25, 0.3) is 91.9 Å². The van der Waals surface area contributed by atoms with E-state index < -0.39 is 0 Å². The van der Waals surface area contributed by atoms with Crippen molar-refractivity contribution in [3.05, 3.63) is 175 Å². The van der Waals surface area contributed by atoms with Crippen molar-refractivity contribution < 1.29 is 0 Å². The van der Waals surface area contributed by atoms with Crippen LogP contribution in [0.1, 0.15) is 12.0 Å². The summed E-state index contributed by atoms with van der Waals surface area (Å²) in [4.78, 5) is 0. The predicted molar refractivity (Wildman–Crippen MR) is 215 cm³/mol. The first-order valence-corrected chi connectivity index (χ1v) is 18.1. The highest BCUT2D eigenvalue weighted by atomic mass is 32.1. The molecule has 3 aromatic heterocycles. The van der Waals surface area contributed by atoms with Gasteiger partial charge in [-0.05, 0) is 89.3 Å². The fraction of sp³-hybridized carbons (Fsp3) is 0.0213. The molecule has 10 aromatic rings. The largest absolute Gasteiger partial charge is 0.309 e. The Balaban J connectivity index is 1.27. The van der Waals surface area contributed by atoms with E-state index in [-0.39, 0.29) is 0 Å². The maximum absolute atomic E-state index is 2.52. The number of hydrogen-bond acceptors (Lipinski definition) is 1. The summed E-state index contributed by atoms with van der Waals surface area (Å²) >= 11 is 1.89. The number of nitrogens with zero attached hydrogens (tertiary/aromatic N) is 2. The number of thiophene rings is 1. The standard InChI is InChI=1S/C47H30N2S/c1-3-12-30(13-4-1)32-16-11-19-35(26-32)48-41-21-10-9-20-36(41)38-28-39-37-23-25-45-46(40-27-33(22-24-44(40)50-45)31-14-7-8-15-31)47(37)49(43(39)29-42(38)48)34-17-5-2-6-18-34/h1-14,16-29H,15H2. The third-order valence-electron chi connectivity index (χ3n) is 10.5. The van der Waals surface area contributed by atoms with Crippen LogP contribution in [-0.2, 0) is 0 Å². The molecule has 0 unspecified atom stereocenters. The summed E-state index contributed by atoms with van der Waals surface area (Å²) in [6.07, 6.45) is 7.67. The van der Waals surface area contributed by atoms with E-state index in [1.54, 1.807) is 0 Å². The molecule has 0 fully saturated rings. The second kappa shape index (κ2) is 10.7. The minimum absolute atomic E-state index is 0.991. The van der Waals surface area contributed by atoms with Crippen LogP contribution in [0.3, 0.4) is 0 Å². The first kappa shape index (κ1) is 27.8. The zero-order valence-corrected chi connectivity index (χ0v) is 28.0. The van der Waals surface area contributed by atoms with E-state index >= 15 is 0 Å². The zero-order chi connectivity index (χ0) is 32.8. The topological polar surface area (TPSA) is 9.86 Å². The Morgan fingerprint density at radius 3 is 2.04 bits per heavy atom. The van der Waals surface area contributed by atoms with Crippen molar-refractivity contribution in [1.29, 1.82) is 0 Å². The molecule has 1 aliphatic rings. The predicted octanol–water partition coefficient (Wildman–Crippen LogP) is 13.3. The van der Waals surface area contributed by atoms with Crippen LogP contribution in [0.5, 0.6) is 0 Å². The highest BCUT2D eigenvalue weighted by molar-refractivity contribution is 7.26. The number of hydrogen-bond donors (Lipinski definition) is 0. The Labute approximate surface area is 293 Å². The molecule has 234 valence electrons. The second-order valence-electron chi connectivity index (χ2n) is 13.3. The van der Waals surface area contributed by atoms with E-state index in [0.717, 1.165) is 12.1 Å². The summed E-state index contributed by atoms with van der Waals surface area (Å²) in [6.45, 7) is 0. The van der Waals surface area contributed by atoms with Crippen molar-refractivity contribution in [2.45, 2.75) is 6.42 Å². The summed E-state index contributed by atoms with van der Waals surface area (Å²) in [5, 5.41) is 7.76. The molecular weight excluding hydrogens is 625 g/mol. The van der Waals surface area contributed by atoms with Gasteiger partial charge in [-0.1, -0.05) is 109 Å². The number of para-hydroxylation sites is 2. The van der Waals surface area contributed by atoms with Gasteiger partial charge in [0.2, 0.25) is 0 Å². The van der Waals surface area contributed by atoms with Crippen LogP contribution < -0.4 is 0 Å². The number of aromatic nitrogens is 2. The van der Waals surface area contributed by atoms with Crippen molar-refractivity contribution in [2.24, 2.45) is 0 Å². The molecule has 0 amide bonds.